The largest absolute Gasteiger partial charge is 0.491 e. The summed E-state index contributed by atoms with van der Waals surface area (Å²) in [4.78, 5) is 0. The van der Waals surface area contributed by atoms with E-state index in [1.807, 2.05) is 6.92 Å². The molecule has 0 spiro atoms. The second-order valence-corrected chi connectivity index (χ2v) is 7.81. The minimum absolute atomic E-state index is 0.0362. The first-order valence-corrected chi connectivity index (χ1v) is 10.5. The quantitative estimate of drug-likeness (QED) is 0.443. The summed E-state index contributed by atoms with van der Waals surface area (Å²) >= 11 is 0. The van der Waals surface area contributed by atoms with Gasteiger partial charge < -0.3 is 9.47 Å². The van der Waals surface area contributed by atoms with Gasteiger partial charge in [0.2, 0.25) is 0 Å². The lowest BCUT2D eigenvalue weighted by molar-refractivity contribution is -0.227. The van der Waals surface area contributed by atoms with E-state index in [1.54, 1.807) is 6.08 Å². The number of fused-ring (bicyclic) bond motifs is 3. The zero-order valence-electron chi connectivity index (χ0n) is 17.6. The highest BCUT2D eigenvalue weighted by molar-refractivity contribution is 5.80. The second kappa shape index (κ2) is 8.14. The van der Waals surface area contributed by atoms with Crippen molar-refractivity contribution in [2.45, 2.75) is 51.1 Å². The molecule has 2 aliphatic rings. The fourth-order valence-corrected chi connectivity index (χ4v) is 4.47. The van der Waals surface area contributed by atoms with Crippen molar-refractivity contribution in [3.8, 4) is 16.9 Å². The molecule has 2 aliphatic carbocycles. The van der Waals surface area contributed by atoms with Crippen molar-refractivity contribution >= 4 is 5.57 Å². The van der Waals surface area contributed by atoms with E-state index < -0.39 is 51.5 Å². The fourth-order valence-electron chi connectivity index (χ4n) is 4.47. The van der Waals surface area contributed by atoms with E-state index in [-0.39, 0.29) is 18.3 Å². The van der Waals surface area contributed by atoms with Crippen LogP contribution in [0.25, 0.3) is 16.7 Å². The molecule has 8 heteroatoms. The summed E-state index contributed by atoms with van der Waals surface area (Å²) < 4.78 is 101. The summed E-state index contributed by atoms with van der Waals surface area (Å²) in [7, 11) is 0. The molecule has 0 saturated carbocycles. The Kier molecular flexibility index (Phi) is 5.77. The smallest absolute Gasteiger partial charge is 0.343 e. The molecule has 0 amide bonds. The van der Waals surface area contributed by atoms with E-state index in [9.17, 15) is 13.2 Å². The Bertz CT molecular complexity index is 1080. The highest BCUT2D eigenvalue weighted by atomic mass is 19.3. The Morgan fingerprint density at radius 2 is 1.44 bits per heavy atom. The Balaban J connectivity index is 1.88. The first-order chi connectivity index (χ1) is 15.1. The van der Waals surface area contributed by atoms with E-state index in [2.05, 4.69) is 0 Å². The van der Waals surface area contributed by atoms with Crippen LogP contribution in [0.5, 0.6) is 5.75 Å². The maximum Gasteiger partial charge on any atom is 0.343 e. The molecule has 0 radical (unpaired) electrons. The van der Waals surface area contributed by atoms with Gasteiger partial charge in [0.05, 0.1) is 23.8 Å². The van der Waals surface area contributed by atoms with Crippen LogP contribution in [-0.2, 0) is 16.6 Å². The summed E-state index contributed by atoms with van der Waals surface area (Å²) in [5.41, 5.74) is -3.51. The number of hydrogen-bond donors (Lipinski definition) is 0. The number of ether oxygens (including phenoxy) is 2. The van der Waals surface area contributed by atoms with Crippen molar-refractivity contribution in [1.82, 2.24) is 0 Å². The lowest BCUT2D eigenvalue weighted by Gasteiger charge is -2.36. The summed E-state index contributed by atoms with van der Waals surface area (Å²) in [6.07, 6.45) is 3.04. The predicted molar refractivity (Wildman–Crippen MR) is 108 cm³/mol. The van der Waals surface area contributed by atoms with Crippen molar-refractivity contribution in [2.75, 3.05) is 13.2 Å². The molecule has 0 fully saturated rings. The van der Waals surface area contributed by atoms with Crippen molar-refractivity contribution in [3.63, 3.8) is 0 Å². The predicted octanol–water partition coefficient (Wildman–Crippen LogP) is 7.20. The standard InChI is InChI=1S/C24H22F6O2/c1-3-31-14-7-5-13(6-8-14)15-9-10-16-17-11-12-18(32-4-2)22(26)20(17)24(29,30)23(27,28)19(16)21(15)25/h5,9-12,14H,3-4,6-8H2,1-2H3. The molecule has 0 heterocycles. The van der Waals surface area contributed by atoms with Gasteiger partial charge in [-0.05, 0) is 61.9 Å². The zero-order valence-corrected chi connectivity index (χ0v) is 17.6. The molecule has 0 bridgehead atoms. The maximum atomic E-state index is 15.4. The van der Waals surface area contributed by atoms with Crippen LogP contribution in [0.2, 0.25) is 0 Å². The minimum Gasteiger partial charge on any atom is -0.491 e. The Morgan fingerprint density at radius 3 is 2.00 bits per heavy atom. The molecule has 1 unspecified atom stereocenters. The van der Waals surface area contributed by atoms with Gasteiger partial charge in [0.15, 0.2) is 11.6 Å². The number of allylic oxidation sites excluding steroid dienone is 1. The van der Waals surface area contributed by atoms with E-state index in [1.165, 1.54) is 13.0 Å². The maximum absolute atomic E-state index is 15.4. The monoisotopic (exact) mass is 456 g/mol. The molecule has 2 aromatic rings. The molecule has 0 N–H and O–H groups in total. The number of halogens is 6. The van der Waals surface area contributed by atoms with Gasteiger partial charge in [-0.3, -0.25) is 0 Å². The van der Waals surface area contributed by atoms with E-state index >= 15 is 13.2 Å². The van der Waals surface area contributed by atoms with Gasteiger partial charge in [-0.15, -0.1) is 0 Å². The number of rotatable bonds is 5. The third kappa shape index (κ3) is 3.31. The minimum atomic E-state index is -4.97. The average Bonchev–Trinajstić information content (AvgIpc) is 2.74. The van der Waals surface area contributed by atoms with Crippen LogP contribution < -0.4 is 4.74 Å². The lowest BCUT2D eigenvalue weighted by Crippen LogP contribution is -2.41. The summed E-state index contributed by atoms with van der Waals surface area (Å²) in [5, 5.41) is 0. The van der Waals surface area contributed by atoms with Gasteiger partial charge in [-0.2, -0.15) is 17.6 Å². The van der Waals surface area contributed by atoms with Crippen LogP contribution in [0.3, 0.4) is 0 Å². The molecule has 1 atom stereocenters. The average molecular weight is 456 g/mol. The molecule has 2 nitrogen and oxygen atoms in total. The zero-order chi connectivity index (χ0) is 23.3. The van der Waals surface area contributed by atoms with Crippen molar-refractivity contribution in [3.05, 3.63) is 58.7 Å². The van der Waals surface area contributed by atoms with E-state index in [0.717, 1.165) is 18.2 Å². The van der Waals surface area contributed by atoms with Crippen LogP contribution in [-0.4, -0.2) is 19.3 Å². The van der Waals surface area contributed by atoms with E-state index in [4.69, 9.17) is 9.47 Å². The Hall–Kier alpha value is -2.48. The molecule has 172 valence electrons. The van der Waals surface area contributed by atoms with Crippen LogP contribution >= 0.6 is 0 Å². The van der Waals surface area contributed by atoms with Crippen molar-refractivity contribution in [1.29, 1.82) is 0 Å². The molecule has 0 saturated heterocycles. The van der Waals surface area contributed by atoms with Gasteiger partial charge >= 0.3 is 11.8 Å². The highest BCUT2D eigenvalue weighted by Gasteiger charge is 2.65. The summed E-state index contributed by atoms with van der Waals surface area (Å²) in [6.45, 7) is 3.84. The molecular formula is C24H22F6O2. The Labute approximate surface area is 181 Å². The summed E-state index contributed by atoms with van der Waals surface area (Å²) in [6, 6.07) is 4.60. The van der Waals surface area contributed by atoms with E-state index in [0.29, 0.717) is 31.4 Å². The Morgan fingerprint density at radius 1 is 0.844 bits per heavy atom. The number of benzene rings is 2. The van der Waals surface area contributed by atoms with Gasteiger partial charge in [0, 0.05) is 12.2 Å². The first-order valence-electron chi connectivity index (χ1n) is 10.5. The SMILES string of the molecule is CCOc1ccc2c(c1F)C(F)(F)C(F)(F)c1c-2ccc(C2=CCC(OCC)CC2)c1F. The van der Waals surface area contributed by atoms with Crippen LogP contribution in [0, 0.1) is 11.6 Å². The fraction of sp³-hybridized carbons (Fsp3) is 0.417. The first kappa shape index (κ1) is 22.7. The third-order valence-electron chi connectivity index (χ3n) is 5.97. The van der Waals surface area contributed by atoms with Crippen LogP contribution in [0.1, 0.15) is 49.8 Å². The molecule has 0 aliphatic heterocycles. The summed E-state index contributed by atoms with van der Waals surface area (Å²) in [5.74, 6) is -13.5. The number of alkyl halides is 4. The number of hydrogen-bond acceptors (Lipinski definition) is 2. The lowest BCUT2D eigenvalue weighted by atomic mass is 9.78. The molecule has 0 aromatic heterocycles. The van der Waals surface area contributed by atoms with Crippen molar-refractivity contribution in [2.24, 2.45) is 0 Å². The third-order valence-corrected chi connectivity index (χ3v) is 5.97. The van der Waals surface area contributed by atoms with Crippen molar-refractivity contribution < 1.29 is 35.8 Å². The van der Waals surface area contributed by atoms with Gasteiger partial charge in [0.25, 0.3) is 0 Å². The normalized spacial score (nSPS) is 20.9. The van der Waals surface area contributed by atoms with Gasteiger partial charge in [-0.25, -0.2) is 8.78 Å². The molecule has 2 aromatic carbocycles. The molecular weight excluding hydrogens is 434 g/mol. The topological polar surface area (TPSA) is 18.5 Å². The van der Waals surface area contributed by atoms with Gasteiger partial charge in [-0.1, -0.05) is 18.2 Å². The second-order valence-electron chi connectivity index (χ2n) is 7.81. The molecule has 4 rings (SSSR count). The molecule has 32 heavy (non-hydrogen) atoms. The van der Waals surface area contributed by atoms with Crippen LogP contribution in [0.4, 0.5) is 26.3 Å². The highest BCUT2D eigenvalue weighted by Crippen LogP contribution is 2.60. The van der Waals surface area contributed by atoms with Crippen LogP contribution in [0.15, 0.2) is 30.3 Å². The van der Waals surface area contributed by atoms with Gasteiger partial charge in [0.1, 0.15) is 5.82 Å².